The fourth-order valence-corrected chi connectivity index (χ4v) is 3.18. The highest BCUT2D eigenvalue weighted by atomic mass is 35.5. The van der Waals surface area contributed by atoms with Gasteiger partial charge < -0.3 is 5.32 Å². The molecule has 1 heterocycles. The monoisotopic (exact) mass is 215 g/mol. The molecule has 1 aromatic rings. The molecule has 2 rings (SSSR count). The van der Waals surface area contributed by atoms with Crippen LogP contribution in [-0.4, -0.2) is 7.05 Å². The van der Waals surface area contributed by atoms with Crippen LogP contribution in [0.15, 0.2) is 5.38 Å². The zero-order valence-electron chi connectivity index (χ0n) is 7.93. The van der Waals surface area contributed by atoms with Crippen LogP contribution < -0.4 is 5.32 Å². The zero-order chi connectivity index (χ0) is 9.42. The van der Waals surface area contributed by atoms with Crippen LogP contribution in [0.2, 0.25) is 5.02 Å². The molecule has 1 atom stereocenters. The van der Waals surface area contributed by atoms with Crippen LogP contribution >= 0.6 is 22.9 Å². The van der Waals surface area contributed by atoms with Crippen LogP contribution in [0.1, 0.15) is 29.3 Å². The maximum atomic E-state index is 6.22. The van der Waals surface area contributed by atoms with Crippen molar-refractivity contribution in [3.8, 4) is 0 Å². The van der Waals surface area contributed by atoms with Crippen molar-refractivity contribution in [2.24, 2.45) is 5.92 Å². The number of aryl methyl sites for hydroxylation is 1. The zero-order valence-corrected chi connectivity index (χ0v) is 9.50. The number of thiophene rings is 1. The lowest BCUT2D eigenvalue weighted by Crippen LogP contribution is -2.17. The topological polar surface area (TPSA) is 12.0 Å². The van der Waals surface area contributed by atoms with E-state index >= 15 is 0 Å². The molecule has 3 heteroatoms. The van der Waals surface area contributed by atoms with E-state index in [1.54, 1.807) is 11.3 Å². The molecule has 13 heavy (non-hydrogen) atoms. The Morgan fingerprint density at radius 3 is 2.69 bits per heavy atom. The van der Waals surface area contributed by atoms with Gasteiger partial charge in [-0.3, -0.25) is 0 Å². The molecule has 0 amide bonds. The molecule has 0 radical (unpaired) electrons. The Labute approximate surface area is 88.1 Å². The fraction of sp³-hybridized carbons (Fsp3) is 0.600. The molecule has 0 saturated heterocycles. The molecule has 0 aromatic carbocycles. The number of hydrogen-bond acceptors (Lipinski definition) is 2. The molecule has 72 valence electrons. The second-order valence-corrected chi connectivity index (χ2v) is 4.99. The van der Waals surface area contributed by atoms with Crippen molar-refractivity contribution in [1.82, 2.24) is 5.32 Å². The highest BCUT2D eigenvalue weighted by Crippen LogP contribution is 2.45. The summed E-state index contributed by atoms with van der Waals surface area (Å²) in [6.45, 7) is 2.07. The summed E-state index contributed by atoms with van der Waals surface area (Å²) in [7, 11) is 2.02. The molecule has 1 saturated carbocycles. The van der Waals surface area contributed by atoms with Gasteiger partial charge in [-0.1, -0.05) is 11.6 Å². The second-order valence-electron chi connectivity index (χ2n) is 3.70. The van der Waals surface area contributed by atoms with Gasteiger partial charge in [0.1, 0.15) is 0 Å². The van der Waals surface area contributed by atoms with Gasteiger partial charge in [0, 0.05) is 10.9 Å². The van der Waals surface area contributed by atoms with Gasteiger partial charge >= 0.3 is 0 Å². The normalized spacial score (nSPS) is 19.0. The summed E-state index contributed by atoms with van der Waals surface area (Å²) in [4.78, 5) is 1.32. The third-order valence-corrected chi connectivity index (χ3v) is 4.41. The molecule has 0 bridgehead atoms. The highest BCUT2D eigenvalue weighted by Gasteiger charge is 2.33. The Balaban J connectivity index is 2.26. The average Bonchev–Trinajstić information content (AvgIpc) is 2.89. The van der Waals surface area contributed by atoms with Gasteiger partial charge in [-0.25, -0.2) is 0 Å². The maximum Gasteiger partial charge on any atom is 0.0590 e. The van der Waals surface area contributed by atoms with Gasteiger partial charge in [0.25, 0.3) is 0 Å². The van der Waals surface area contributed by atoms with E-state index in [9.17, 15) is 0 Å². The van der Waals surface area contributed by atoms with Gasteiger partial charge in [0.2, 0.25) is 0 Å². The third kappa shape index (κ3) is 1.76. The maximum absolute atomic E-state index is 6.22. The summed E-state index contributed by atoms with van der Waals surface area (Å²) < 4.78 is 0. The molecule has 1 N–H and O–H groups in total. The quantitative estimate of drug-likeness (QED) is 0.815. The summed E-state index contributed by atoms with van der Waals surface area (Å²) in [5, 5.41) is 6.47. The summed E-state index contributed by atoms with van der Waals surface area (Å²) in [5.41, 5.74) is 1.21. The smallest absolute Gasteiger partial charge is 0.0590 e. The minimum atomic E-state index is 0.492. The number of hydrogen-bond donors (Lipinski definition) is 1. The lowest BCUT2D eigenvalue weighted by Gasteiger charge is -2.13. The van der Waals surface area contributed by atoms with Crippen molar-refractivity contribution in [3.63, 3.8) is 0 Å². The van der Waals surface area contributed by atoms with Crippen molar-refractivity contribution >= 4 is 22.9 Å². The Bertz CT molecular complexity index is 304. The van der Waals surface area contributed by atoms with E-state index in [2.05, 4.69) is 17.6 Å². The van der Waals surface area contributed by atoms with E-state index < -0.39 is 0 Å². The second kappa shape index (κ2) is 3.60. The molecule has 1 nitrogen and oxygen atoms in total. The Morgan fingerprint density at radius 2 is 2.31 bits per heavy atom. The summed E-state index contributed by atoms with van der Waals surface area (Å²) >= 11 is 8.01. The van der Waals surface area contributed by atoms with E-state index in [-0.39, 0.29) is 0 Å². The number of halogens is 1. The van der Waals surface area contributed by atoms with Crippen molar-refractivity contribution in [2.75, 3.05) is 7.05 Å². The molecule has 1 unspecified atom stereocenters. The molecule has 1 aromatic heterocycles. The van der Waals surface area contributed by atoms with Gasteiger partial charge in [0.15, 0.2) is 0 Å². The lowest BCUT2D eigenvalue weighted by atomic mass is 10.1. The van der Waals surface area contributed by atoms with Gasteiger partial charge in [-0.05, 0) is 43.7 Å². The largest absolute Gasteiger partial charge is 0.312 e. The van der Waals surface area contributed by atoms with Crippen LogP contribution in [-0.2, 0) is 0 Å². The highest BCUT2D eigenvalue weighted by molar-refractivity contribution is 7.10. The average molecular weight is 216 g/mol. The van der Waals surface area contributed by atoms with Crippen LogP contribution in [0.3, 0.4) is 0 Å². The van der Waals surface area contributed by atoms with Crippen molar-refractivity contribution in [2.45, 2.75) is 25.8 Å². The van der Waals surface area contributed by atoms with Crippen molar-refractivity contribution < 1.29 is 0 Å². The van der Waals surface area contributed by atoms with E-state index in [0.717, 1.165) is 10.9 Å². The SMILES string of the molecule is CNC(c1scc(C)c1Cl)C1CC1. The van der Waals surface area contributed by atoms with E-state index in [4.69, 9.17) is 11.6 Å². The molecular formula is C10H14ClNS. The molecule has 0 spiro atoms. The lowest BCUT2D eigenvalue weighted by molar-refractivity contribution is 0.537. The van der Waals surface area contributed by atoms with E-state index in [1.165, 1.54) is 23.3 Å². The van der Waals surface area contributed by atoms with Gasteiger partial charge in [-0.2, -0.15) is 0 Å². The number of rotatable bonds is 3. The predicted molar refractivity (Wildman–Crippen MR) is 58.6 cm³/mol. The van der Waals surface area contributed by atoms with Crippen LogP contribution in [0.4, 0.5) is 0 Å². The first-order valence-electron chi connectivity index (χ1n) is 4.64. The Morgan fingerprint density at radius 1 is 1.62 bits per heavy atom. The van der Waals surface area contributed by atoms with Crippen LogP contribution in [0, 0.1) is 12.8 Å². The molecular weight excluding hydrogens is 202 g/mol. The molecule has 0 aliphatic heterocycles. The van der Waals surface area contributed by atoms with Crippen LogP contribution in [0.5, 0.6) is 0 Å². The predicted octanol–water partition coefficient (Wildman–Crippen LogP) is 3.38. The first kappa shape index (κ1) is 9.50. The van der Waals surface area contributed by atoms with Gasteiger partial charge in [0.05, 0.1) is 5.02 Å². The first-order valence-corrected chi connectivity index (χ1v) is 5.90. The minimum absolute atomic E-state index is 0.492. The van der Waals surface area contributed by atoms with Crippen molar-refractivity contribution in [3.05, 3.63) is 20.8 Å². The van der Waals surface area contributed by atoms with Gasteiger partial charge in [-0.15, -0.1) is 11.3 Å². The Kier molecular flexibility index (Phi) is 2.63. The molecule has 1 aliphatic rings. The summed E-state index contributed by atoms with van der Waals surface area (Å²) in [6.07, 6.45) is 2.69. The summed E-state index contributed by atoms with van der Waals surface area (Å²) in [5.74, 6) is 0.820. The molecule has 1 fully saturated rings. The standard InChI is InChI=1S/C10H14ClNS/c1-6-5-13-10(8(6)11)9(12-2)7-3-4-7/h5,7,9,12H,3-4H2,1-2H3. The summed E-state index contributed by atoms with van der Waals surface area (Å²) in [6, 6.07) is 0.492. The minimum Gasteiger partial charge on any atom is -0.312 e. The molecule has 1 aliphatic carbocycles. The van der Waals surface area contributed by atoms with Crippen molar-refractivity contribution in [1.29, 1.82) is 0 Å². The first-order chi connectivity index (χ1) is 6.24. The Hall–Kier alpha value is -0.0500. The van der Waals surface area contributed by atoms with E-state index in [0.29, 0.717) is 6.04 Å². The third-order valence-electron chi connectivity index (χ3n) is 2.61. The van der Waals surface area contributed by atoms with Crippen LogP contribution in [0.25, 0.3) is 0 Å². The fourth-order valence-electron chi connectivity index (χ4n) is 1.67. The van der Waals surface area contributed by atoms with E-state index in [1.807, 2.05) is 7.05 Å². The number of nitrogens with one attached hydrogen (secondary N) is 1.